The number of halogens is 2. The van der Waals surface area contributed by atoms with Crippen molar-refractivity contribution >= 4 is 40.0 Å². The van der Waals surface area contributed by atoms with Crippen molar-refractivity contribution in [3.63, 3.8) is 0 Å². The molecule has 0 saturated carbocycles. The van der Waals surface area contributed by atoms with Crippen LogP contribution in [0.4, 0.5) is 0 Å². The van der Waals surface area contributed by atoms with Crippen molar-refractivity contribution in [2.45, 2.75) is 19.9 Å². The Labute approximate surface area is 116 Å². The molecule has 3 nitrogen and oxygen atoms in total. The van der Waals surface area contributed by atoms with Gasteiger partial charge in [0, 0.05) is 36.1 Å². The second-order valence-corrected chi connectivity index (χ2v) is 4.88. The van der Waals surface area contributed by atoms with Gasteiger partial charge < -0.3 is 9.88 Å². The van der Waals surface area contributed by atoms with Gasteiger partial charge in [-0.2, -0.15) is 0 Å². The maximum absolute atomic E-state index is 11.4. The van der Waals surface area contributed by atoms with Crippen molar-refractivity contribution in [3.05, 3.63) is 34.4 Å². The molecule has 2 rings (SSSR count). The Morgan fingerprint density at radius 2 is 2.17 bits per heavy atom. The third kappa shape index (κ3) is 2.79. The monoisotopic (exact) mass is 284 g/mol. The number of hydrogen-bond donors (Lipinski definition) is 1. The molecule has 0 fully saturated rings. The lowest BCUT2D eigenvalue weighted by atomic mass is 10.2. The third-order valence-electron chi connectivity index (χ3n) is 2.76. The summed E-state index contributed by atoms with van der Waals surface area (Å²) in [6.07, 6.45) is 2.37. The summed E-state index contributed by atoms with van der Waals surface area (Å²) in [6, 6.07) is 5.52. The van der Waals surface area contributed by atoms with Gasteiger partial charge in [-0.3, -0.25) is 4.79 Å². The smallest absolute Gasteiger partial charge is 0.221 e. The minimum Gasteiger partial charge on any atom is -0.356 e. The van der Waals surface area contributed by atoms with E-state index in [1.54, 1.807) is 6.07 Å². The first kappa shape index (κ1) is 13.2. The molecule has 0 unspecified atom stereocenters. The zero-order valence-corrected chi connectivity index (χ0v) is 11.6. The number of benzene rings is 1. The van der Waals surface area contributed by atoms with Crippen LogP contribution >= 0.6 is 23.2 Å². The van der Waals surface area contributed by atoms with E-state index in [9.17, 15) is 4.79 Å². The number of amides is 1. The first-order chi connectivity index (χ1) is 8.61. The first-order valence-corrected chi connectivity index (χ1v) is 6.58. The average Bonchev–Trinajstić information content (AvgIpc) is 2.70. The molecule has 1 aromatic heterocycles. The molecule has 1 N–H and O–H groups in total. The van der Waals surface area contributed by atoms with Gasteiger partial charge in [0.2, 0.25) is 5.91 Å². The minimum absolute atomic E-state index is 0.0486. The van der Waals surface area contributed by atoms with E-state index < -0.39 is 0 Å². The van der Waals surface area contributed by atoms with Crippen LogP contribution in [-0.4, -0.2) is 17.0 Å². The maximum Gasteiger partial charge on any atom is 0.221 e. The van der Waals surface area contributed by atoms with Crippen LogP contribution in [0.1, 0.15) is 13.3 Å². The van der Waals surface area contributed by atoms with E-state index in [4.69, 9.17) is 23.2 Å². The van der Waals surface area contributed by atoms with Crippen molar-refractivity contribution in [1.82, 2.24) is 9.88 Å². The predicted molar refractivity (Wildman–Crippen MR) is 75.3 cm³/mol. The second-order valence-electron chi connectivity index (χ2n) is 4.03. The molecule has 0 radical (unpaired) electrons. The van der Waals surface area contributed by atoms with Crippen LogP contribution in [0, 0.1) is 0 Å². The number of nitrogens with zero attached hydrogens (tertiary/aromatic N) is 1. The minimum atomic E-state index is 0.0486. The number of carbonyl (C=O) groups is 1. The van der Waals surface area contributed by atoms with Crippen LogP contribution in [0.5, 0.6) is 0 Å². The second kappa shape index (κ2) is 5.63. The number of nitrogens with one attached hydrogen (secondary N) is 1. The number of hydrogen-bond acceptors (Lipinski definition) is 1. The molecule has 0 aliphatic rings. The van der Waals surface area contributed by atoms with Crippen molar-refractivity contribution in [1.29, 1.82) is 0 Å². The van der Waals surface area contributed by atoms with Gasteiger partial charge in [0.1, 0.15) is 0 Å². The van der Waals surface area contributed by atoms with Gasteiger partial charge in [0.25, 0.3) is 0 Å². The van der Waals surface area contributed by atoms with E-state index in [1.807, 2.05) is 29.8 Å². The molecule has 18 heavy (non-hydrogen) atoms. The molecule has 0 aliphatic heterocycles. The highest BCUT2D eigenvalue weighted by Gasteiger charge is 2.07. The van der Waals surface area contributed by atoms with Crippen LogP contribution < -0.4 is 5.32 Å². The quantitative estimate of drug-likeness (QED) is 0.917. The van der Waals surface area contributed by atoms with Crippen LogP contribution in [0.3, 0.4) is 0 Å². The highest BCUT2D eigenvalue weighted by Crippen LogP contribution is 2.28. The number of aromatic nitrogens is 1. The summed E-state index contributed by atoms with van der Waals surface area (Å²) >= 11 is 12.1. The number of rotatable bonds is 4. The van der Waals surface area contributed by atoms with Crippen molar-refractivity contribution in [2.75, 3.05) is 6.54 Å². The number of fused-ring (bicyclic) bond motifs is 1. The molecular formula is C13H14Cl2N2O. The molecule has 0 spiro atoms. The summed E-state index contributed by atoms with van der Waals surface area (Å²) in [6.45, 7) is 3.18. The maximum atomic E-state index is 11.4. The summed E-state index contributed by atoms with van der Waals surface area (Å²) in [5.74, 6) is 0.0486. The summed E-state index contributed by atoms with van der Waals surface area (Å²) in [4.78, 5) is 11.4. The Bertz CT molecular complexity index is 578. The predicted octanol–water partition coefficient (Wildman–Crippen LogP) is 3.47. The zero-order chi connectivity index (χ0) is 13.1. The zero-order valence-electron chi connectivity index (χ0n) is 10.0. The van der Waals surface area contributed by atoms with Gasteiger partial charge in [-0.05, 0) is 25.1 Å². The van der Waals surface area contributed by atoms with Crippen LogP contribution in [0.15, 0.2) is 24.4 Å². The molecule has 0 atom stereocenters. The number of carbonyl (C=O) groups excluding carboxylic acids is 1. The fourth-order valence-corrected chi connectivity index (χ4v) is 2.47. The van der Waals surface area contributed by atoms with E-state index in [-0.39, 0.29) is 5.91 Å². The van der Waals surface area contributed by atoms with Crippen molar-refractivity contribution < 1.29 is 4.79 Å². The lowest BCUT2D eigenvalue weighted by Crippen LogP contribution is -2.23. The Kier molecular flexibility index (Phi) is 4.15. The van der Waals surface area contributed by atoms with Crippen molar-refractivity contribution in [3.8, 4) is 0 Å². The molecule has 2 aromatic rings. The van der Waals surface area contributed by atoms with Gasteiger partial charge in [0.15, 0.2) is 0 Å². The Hall–Kier alpha value is -1.19. The topological polar surface area (TPSA) is 34.0 Å². The Morgan fingerprint density at radius 1 is 1.39 bits per heavy atom. The fraction of sp³-hybridized carbons (Fsp3) is 0.308. The molecule has 0 aliphatic carbocycles. The summed E-state index contributed by atoms with van der Waals surface area (Å²) in [7, 11) is 0. The normalized spacial score (nSPS) is 10.8. The first-order valence-electron chi connectivity index (χ1n) is 5.82. The lowest BCUT2D eigenvalue weighted by molar-refractivity contribution is -0.121. The fourth-order valence-electron chi connectivity index (χ4n) is 1.92. The molecule has 96 valence electrons. The number of aryl methyl sites for hydroxylation is 1. The van der Waals surface area contributed by atoms with Gasteiger partial charge in [-0.15, -0.1) is 0 Å². The van der Waals surface area contributed by atoms with Crippen molar-refractivity contribution in [2.24, 2.45) is 0 Å². The summed E-state index contributed by atoms with van der Waals surface area (Å²) in [5, 5.41) is 4.97. The Morgan fingerprint density at radius 3 is 2.89 bits per heavy atom. The average molecular weight is 285 g/mol. The van der Waals surface area contributed by atoms with Gasteiger partial charge in [-0.25, -0.2) is 0 Å². The molecule has 0 bridgehead atoms. The highest BCUT2D eigenvalue weighted by molar-refractivity contribution is 6.38. The third-order valence-corrected chi connectivity index (χ3v) is 3.29. The van der Waals surface area contributed by atoms with E-state index in [0.717, 1.165) is 10.9 Å². The standard InChI is InChI=1S/C13H14Cl2N2O/c1-2-16-13(18)4-6-17-5-3-10-11(15)7-9(14)8-12(10)17/h3,5,7-8H,2,4,6H2,1H3,(H,16,18). The molecule has 0 saturated heterocycles. The highest BCUT2D eigenvalue weighted by atomic mass is 35.5. The SMILES string of the molecule is CCNC(=O)CCn1ccc2c(Cl)cc(Cl)cc21. The molecule has 5 heteroatoms. The van der Waals surface area contributed by atoms with E-state index in [1.165, 1.54) is 0 Å². The van der Waals surface area contributed by atoms with Gasteiger partial charge in [-0.1, -0.05) is 23.2 Å². The van der Waals surface area contributed by atoms with Gasteiger partial charge in [0.05, 0.1) is 10.5 Å². The van der Waals surface area contributed by atoms with E-state index in [2.05, 4.69) is 5.32 Å². The van der Waals surface area contributed by atoms with Crippen LogP contribution in [-0.2, 0) is 11.3 Å². The molecule has 1 aromatic carbocycles. The van der Waals surface area contributed by atoms with Crippen LogP contribution in [0.2, 0.25) is 10.0 Å². The van der Waals surface area contributed by atoms with E-state index >= 15 is 0 Å². The molecule has 1 heterocycles. The van der Waals surface area contributed by atoms with E-state index in [0.29, 0.717) is 29.6 Å². The molecule has 1 amide bonds. The lowest BCUT2D eigenvalue weighted by Gasteiger charge is -2.06. The summed E-state index contributed by atoms with van der Waals surface area (Å²) < 4.78 is 1.99. The molecular weight excluding hydrogens is 271 g/mol. The van der Waals surface area contributed by atoms with Gasteiger partial charge >= 0.3 is 0 Å². The largest absolute Gasteiger partial charge is 0.356 e. The Balaban J connectivity index is 2.21. The van der Waals surface area contributed by atoms with Crippen LogP contribution in [0.25, 0.3) is 10.9 Å². The summed E-state index contributed by atoms with van der Waals surface area (Å²) in [5.41, 5.74) is 0.955.